The molecule has 0 unspecified atom stereocenters. The minimum atomic E-state index is -0.374. The van der Waals surface area contributed by atoms with Crippen LogP contribution in [0.4, 0.5) is 0 Å². The SMILES string of the molecule is Oc1ccc2ccccc2c1C(c1cccnc1)c1c(O)ccc2ccccc12. The second-order valence-corrected chi connectivity index (χ2v) is 7.16. The highest BCUT2D eigenvalue weighted by Gasteiger charge is 2.26. The number of phenolic OH excluding ortho intramolecular Hbond substituents is 2. The maximum atomic E-state index is 11.0. The van der Waals surface area contributed by atoms with E-state index in [4.69, 9.17) is 0 Å². The summed E-state index contributed by atoms with van der Waals surface area (Å²) in [4.78, 5) is 4.31. The monoisotopic (exact) mass is 377 g/mol. The van der Waals surface area contributed by atoms with Crippen LogP contribution in [0.2, 0.25) is 0 Å². The molecular weight excluding hydrogens is 358 g/mol. The lowest BCUT2D eigenvalue weighted by Gasteiger charge is -2.24. The molecule has 0 radical (unpaired) electrons. The minimum Gasteiger partial charge on any atom is -0.508 e. The topological polar surface area (TPSA) is 53.4 Å². The first-order valence-corrected chi connectivity index (χ1v) is 9.55. The van der Waals surface area contributed by atoms with Crippen molar-refractivity contribution in [2.75, 3.05) is 0 Å². The summed E-state index contributed by atoms with van der Waals surface area (Å²) in [6.07, 6.45) is 3.53. The van der Waals surface area contributed by atoms with Gasteiger partial charge in [-0.1, -0.05) is 66.7 Å². The molecule has 0 fully saturated rings. The number of phenols is 2. The van der Waals surface area contributed by atoms with Gasteiger partial charge in [0.15, 0.2) is 0 Å². The first-order chi connectivity index (χ1) is 14.2. The third-order valence-corrected chi connectivity index (χ3v) is 5.49. The Hall–Kier alpha value is -3.85. The molecule has 5 rings (SSSR count). The fourth-order valence-corrected chi connectivity index (χ4v) is 4.20. The van der Waals surface area contributed by atoms with Gasteiger partial charge in [0.2, 0.25) is 0 Å². The molecule has 0 bridgehead atoms. The van der Waals surface area contributed by atoms with Crippen molar-refractivity contribution in [2.45, 2.75) is 5.92 Å². The number of fused-ring (bicyclic) bond motifs is 2. The predicted octanol–water partition coefficient (Wildman–Crippen LogP) is 5.98. The molecule has 1 heterocycles. The zero-order valence-electron chi connectivity index (χ0n) is 15.7. The van der Waals surface area contributed by atoms with Crippen molar-refractivity contribution >= 4 is 21.5 Å². The molecule has 0 aliphatic heterocycles. The minimum absolute atomic E-state index is 0.199. The Morgan fingerprint density at radius 1 is 0.586 bits per heavy atom. The third kappa shape index (κ3) is 2.88. The van der Waals surface area contributed by atoms with Crippen LogP contribution in [0.5, 0.6) is 11.5 Å². The Morgan fingerprint density at radius 3 is 1.66 bits per heavy atom. The van der Waals surface area contributed by atoms with Gasteiger partial charge in [0, 0.05) is 29.4 Å². The Bertz CT molecular complexity index is 1240. The lowest BCUT2D eigenvalue weighted by Crippen LogP contribution is -2.06. The first-order valence-electron chi connectivity index (χ1n) is 9.55. The summed E-state index contributed by atoms with van der Waals surface area (Å²) in [7, 11) is 0. The van der Waals surface area contributed by atoms with Crippen LogP contribution in [-0.4, -0.2) is 15.2 Å². The van der Waals surface area contributed by atoms with Crippen LogP contribution in [0.25, 0.3) is 21.5 Å². The van der Waals surface area contributed by atoms with Gasteiger partial charge < -0.3 is 10.2 Å². The van der Waals surface area contributed by atoms with Crippen LogP contribution >= 0.6 is 0 Å². The van der Waals surface area contributed by atoms with E-state index in [1.54, 1.807) is 24.5 Å². The Kier molecular flexibility index (Phi) is 4.14. The van der Waals surface area contributed by atoms with Crippen LogP contribution in [0, 0.1) is 0 Å². The van der Waals surface area contributed by atoms with Gasteiger partial charge in [-0.25, -0.2) is 0 Å². The maximum absolute atomic E-state index is 11.0. The lowest BCUT2D eigenvalue weighted by atomic mass is 9.80. The van der Waals surface area contributed by atoms with Gasteiger partial charge >= 0.3 is 0 Å². The summed E-state index contributed by atoms with van der Waals surface area (Å²) in [5, 5.41) is 25.9. The first kappa shape index (κ1) is 17.3. The molecule has 29 heavy (non-hydrogen) atoms. The molecule has 0 aliphatic rings. The van der Waals surface area contributed by atoms with Crippen LogP contribution in [0.1, 0.15) is 22.6 Å². The number of benzene rings is 4. The molecule has 1 aromatic heterocycles. The van der Waals surface area contributed by atoms with Gasteiger partial charge in [-0.3, -0.25) is 4.98 Å². The number of pyridine rings is 1. The fraction of sp³-hybridized carbons (Fsp3) is 0.0385. The molecule has 0 amide bonds. The number of aromatic nitrogens is 1. The van der Waals surface area contributed by atoms with Crippen LogP contribution in [0.15, 0.2) is 97.3 Å². The highest BCUT2D eigenvalue weighted by atomic mass is 16.3. The third-order valence-electron chi connectivity index (χ3n) is 5.49. The summed E-state index contributed by atoms with van der Waals surface area (Å²) >= 11 is 0. The zero-order chi connectivity index (χ0) is 19.8. The summed E-state index contributed by atoms with van der Waals surface area (Å²) in [5.74, 6) is 0.0238. The summed E-state index contributed by atoms with van der Waals surface area (Å²) in [6, 6.07) is 27.1. The Labute approximate surface area is 168 Å². The van der Waals surface area contributed by atoms with Crippen molar-refractivity contribution < 1.29 is 10.2 Å². The van der Waals surface area contributed by atoms with Crippen molar-refractivity contribution in [1.82, 2.24) is 4.98 Å². The number of hydrogen-bond donors (Lipinski definition) is 2. The molecule has 0 saturated heterocycles. The van der Waals surface area contributed by atoms with E-state index < -0.39 is 0 Å². The summed E-state index contributed by atoms with van der Waals surface area (Å²) < 4.78 is 0. The van der Waals surface area contributed by atoms with E-state index in [9.17, 15) is 10.2 Å². The molecule has 140 valence electrons. The number of hydrogen-bond acceptors (Lipinski definition) is 3. The van der Waals surface area contributed by atoms with Crippen molar-refractivity contribution in [1.29, 1.82) is 0 Å². The van der Waals surface area contributed by atoms with Crippen molar-refractivity contribution in [3.63, 3.8) is 0 Å². The largest absolute Gasteiger partial charge is 0.508 e. The fourth-order valence-electron chi connectivity index (χ4n) is 4.20. The molecule has 0 spiro atoms. The maximum Gasteiger partial charge on any atom is 0.120 e. The molecule has 0 atom stereocenters. The van der Waals surface area contributed by atoms with Gasteiger partial charge in [0.05, 0.1) is 0 Å². The van der Waals surface area contributed by atoms with Crippen molar-refractivity contribution in [2.24, 2.45) is 0 Å². The average Bonchev–Trinajstić information content (AvgIpc) is 2.77. The van der Waals surface area contributed by atoms with Crippen LogP contribution in [0.3, 0.4) is 0 Å². The summed E-state index contributed by atoms with van der Waals surface area (Å²) in [6.45, 7) is 0. The molecule has 4 aromatic carbocycles. The normalized spacial score (nSPS) is 11.3. The van der Waals surface area contributed by atoms with Gasteiger partial charge in [0.25, 0.3) is 0 Å². The number of rotatable bonds is 3. The van der Waals surface area contributed by atoms with Crippen LogP contribution in [-0.2, 0) is 0 Å². The standard InChI is InChI=1S/C26H19NO2/c28-22-13-11-17-6-1-3-9-20(17)25(22)24(19-8-5-15-27-16-19)26-21-10-4-2-7-18(21)12-14-23(26)29/h1-16,24,28-29H. The van der Waals surface area contributed by atoms with E-state index in [0.717, 1.165) is 38.2 Å². The highest BCUT2D eigenvalue weighted by molar-refractivity contribution is 5.93. The molecule has 5 aromatic rings. The lowest BCUT2D eigenvalue weighted by molar-refractivity contribution is 0.460. The van der Waals surface area contributed by atoms with Crippen LogP contribution < -0.4 is 0 Å². The molecular formula is C26H19NO2. The van der Waals surface area contributed by atoms with Gasteiger partial charge in [-0.05, 0) is 45.3 Å². The average molecular weight is 377 g/mol. The Balaban J connectivity index is 1.92. The second-order valence-electron chi connectivity index (χ2n) is 7.16. The summed E-state index contributed by atoms with van der Waals surface area (Å²) in [5.41, 5.74) is 2.44. The molecule has 2 N–H and O–H groups in total. The molecule has 3 nitrogen and oxygen atoms in total. The van der Waals surface area contributed by atoms with E-state index in [1.165, 1.54) is 0 Å². The van der Waals surface area contributed by atoms with E-state index in [2.05, 4.69) is 4.98 Å². The van der Waals surface area contributed by atoms with E-state index in [0.29, 0.717) is 0 Å². The number of nitrogens with zero attached hydrogens (tertiary/aromatic N) is 1. The second kappa shape index (κ2) is 6.95. The van der Waals surface area contributed by atoms with Gasteiger partial charge in [-0.15, -0.1) is 0 Å². The quantitative estimate of drug-likeness (QED) is 0.407. The molecule has 3 heteroatoms. The van der Waals surface area contributed by atoms with Gasteiger partial charge in [-0.2, -0.15) is 0 Å². The molecule has 0 saturated carbocycles. The van der Waals surface area contributed by atoms with Gasteiger partial charge in [0.1, 0.15) is 11.5 Å². The molecule has 0 aliphatic carbocycles. The predicted molar refractivity (Wildman–Crippen MR) is 116 cm³/mol. The smallest absolute Gasteiger partial charge is 0.120 e. The van der Waals surface area contributed by atoms with E-state index in [-0.39, 0.29) is 17.4 Å². The highest BCUT2D eigenvalue weighted by Crippen LogP contribution is 2.46. The number of aromatic hydroxyl groups is 2. The van der Waals surface area contributed by atoms with E-state index >= 15 is 0 Å². The van der Waals surface area contributed by atoms with E-state index in [1.807, 2.05) is 72.8 Å². The Morgan fingerprint density at radius 2 is 1.14 bits per heavy atom. The van der Waals surface area contributed by atoms with Crippen molar-refractivity contribution in [3.8, 4) is 11.5 Å². The zero-order valence-corrected chi connectivity index (χ0v) is 15.7. The van der Waals surface area contributed by atoms with Crippen molar-refractivity contribution in [3.05, 3.63) is 114 Å².